The smallest absolute Gasteiger partial charge is 0.246 e. The van der Waals surface area contributed by atoms with Gasteiger partial charge in [-0.05, 0) is 26.7 Å². The van der Waals surface area contributed by atoms with Gasteiger partial charge in [0.15, 0.2) is 0 Å². The van der Waals surface area contributed by atoms with Gasteiger partial charge in [-0.1, -0.05) is 0 Å². The first-order valence-corrected chi connectivity index (χ1v) is 7.14. The third-order valence-corrected chi connectivity index (χ3v) is 5.21. The summed E-state index contributed by atoms with van der Waals surface area (Å²) in [7, 11) is -3.45. The van der Waals surface area contributed by atoms with Gasteiger partial charge in [-0.3, -0.25) is 5.10 Å². The van der Waals surface area contributed by atoms with Crippen LogP contribution in [-0.4, -0.2) is 42.1 Å². The van der Waals surface area contributed by atoms with Crippen LogP contribution in [0.3, 0.4) is 0 Å². The van der Waals surface area contributed by atoms with Crippen LogP contribution in [0.5, 0.6) is 0 Å². The summed E-state index contributed by atoms with van der Waals surface area (Å²) in [6, 6.07) is -0.0639. The largest absolute Gasteiger partial charge is 0.327 e. The Labute approximate surface area is 113 Å². The third kappa shape index (κ3) is 2.69. The van der Waals surface area contributed by atoms with Crippen molar-refractivity contribution < 1.29 is 8.42 Å². The molecule has 1 aliphatic rings. The highest BCUT2D eigenvalue weighted by Gasteiger charge is 2.32. The Kier molecular flexibility index (Phi) is 4.77. The summed E-state index contributed by atoms with van der Waals surface area (Å²) in [5.74, 6) is 0. The van der Waals surface area contributed by atoms with Gasteiger partial charge in [0.05, 0.1) is 11.4 Å². The lowest BCUT2D eigenvalue weighted by Crippen LogP contribution is -2.45. The topological polar surface area (TPSA) is 92.1 Å². The fourth-order valence-corrected chi connectivity index (χ4v) is 4.11. The highest BCUT2D eigenvalue weighted by Crippen LogP contribution is 2.24. The Hall–Kier alpha value is -0.630. The molecule has 0 amide bonds. The number of aryl methyl sites for hydroxylation is 2. The third-order valence-electron chi connectivity index (χ3n) is 3.08. The van der Waals surface area contributed by atoms with Gasteiger partial charge < -0.3 is 5.73 Å². The van der Waals surface area contributed by atoms with E-state index in [1.807, 2.05) is 0 Å². The molecule has 1 aliphatic heterocycles. The first-order chi connectivity index (χ1) is 7.93. The molecular formula is C10H19ClN4O2S. The maximum Gasteiger partial charge on any atom is 0.246 e. The molecule has 0 saturated carbocycles. The SMILES string of the molecule is Cc1n[nH]c(C)c1S(=O)(=O)N1CCC[C@@H](N)C1.Cl. The molecule has 104 valence electrons. The van der Waals surface area contributed by atoms with E-state index in [-0.39, 0.29) is 18.4 Å². The van der Waals surface area contributed by atoms with Crippen LogP contribution < -0.4 is 5.73 Å². The Bertz CT molecular complexity index is 494. The normalized spacial score (nSPS) is 21.6. The number of piperidine rings is 1. The van der Waals surface area contributed by atoms with Gasteiger partial charge in [-0.25, -0.2) is 8.42 Å². The van der Waals surface area contributed by atoms with Gasteiger partial charge in [0.2, 0.25) is 10.0 Å². The van der Waals surface area contributed by atoms with Crippen LogP contribution >= 0.6 is 12.4 Å². The number of nitrogens with zero attached hydrogens (tertiary/aromatic N) is 2. The second-order valence-corrected chi connectivity index (χ2v) is 6.40. The van der Waals surface area contributed by atoms with Crippen LogP contribution in [0.2, 0.25) is 0 Å². The molecule has 0 radical (unpaired) electrons. The Balaban J connectivity index is 0.00000162. The molecule has 0 unspecified atom stereocenters. The van der Waals surface area contributed by atoms with Crippen molar-refractivity contribution in [2.45, 2.75) is 37.6 Å². The molecule has 1 fully saturated rings. The molecule has 1 atom stereocenters. The standard InChI is InChI=1S/C10H18N4O2S.ClH/c1-7-10(8(2)13-12-7)17(15,16)14-5-3-4-9(11)6-14;/h9H,3-6,11H2,1-2H3,(H,12,13);1H/t9-;/m1./s1. The molecule has 0 bridgehead atoms. The molecule has 0 aromatic carbocycles. The van der Waals surface area contributed by atoms with Crippen LogP contribution in [-0.2, 0) is 10.0 Å². The van der Waals surface area contributed by atoms with E-state index in [2.05, 4.69) is 10.2 Å². The lowest BCUT2D eigenvalue weighted by molar-refractivity contribution is 0.316. The lowest BCUT2D eigenvalue weighted by Gasteiger charge is -2.29. The lowest BCUT2D eigenvalue weighted by atomic mass is 10.1. The van der Waals surface area contributed by atoms with E-state index in [1.165, 1.54) is 4.31 Å². The van der Waals surface area contributed by atoms with Gasteiger partial charge in [-0.2, -0.15) is 9.40 Å². The number of halogens is 1. The van der Waals surface area contributed by atoms with E-state index in [9.17, 15) is 8.42 Å². The van der Waals surface area contributed by atoms with Crippen LogP contribution in [0, 0.1) is 13.8 Å². The van der Waals surface area contributed by atoms with Crippen molar-refractivity contribution >= 4 is 22.4 Å². The van der Waals surface area contributed by atoms with Gasteiger partial charge in [-0.15, -0.1) is 12.4 Å². The first kappa shape index (κ1) is 15.4. The van der Waals surface area contributed by atoms with E-state index < -0.39 is 10.0 Å². The van der Waals surface area contributed by atoms with Gasteiger partial charge in [0.25, 0.3) is 0 Å². The predicted octanol–water partition coefficient (Wildman–Crippen LogP) is 0.560. The highest BCUT2D eigenvalue weighted by atomic mass is 35.5. The second-order valence-electron chi connectivity index (χ2n) is 4.53. The summed E-state index contributed by atoms with van der Waals surface area (Å²) in [5.41, 5.74) is 6.92. The summed E-state index contributed by atoms with van der Waals surface area (Å²) in [6.45, 7) is 4.35. The number of hydrogen-bond donors (Lipinski definition) is 2. The summed E-state index contributed by atoms with van der Waals surface area (Å²) in [4.78, 5) is 0.298. The monoisotopic (exact) mass is 294 g/mol. The average Bonchev–Trinajstić information content (AvgIpc) is 2.59. The zero-order valence-corrected chi connectivity index (χ0v) is 12.1. The first-order valence-electron chi connectivity index (χ1n) is 5.70. The minimum atomic E-state index is -3.45. The van der Waals surface area contributed by atoms with Crippen molar-refractivity contribution in [2.24, 2.45) is 5.73 Å². The molecule has 0 spiro atoms. The molecule has 1 saturated heterocycles. The van der Waals surface area contributed by atoms with E-state index in [0.717, 1.165) is 12.8 Å². The number of nitrogens with one attached hydrogen (secondary N) is 1. The van der Waals surface area contributed by atoms with E-state index in [1.54, 1.807) is 13.8 Å². The second kappa shape index (κ2) is 5.56. The Morgan fingerprint density at radius 2 is 2.11 bits per heavy atom. The predicted molar refractivity (Wildman–Crippen MR) is 71.3 cm³/mol. The maximum atomic E-state index is 12.4. The van der Waals surface area contributed by atoms with Gasteiger partial charge in [0.1, 0.15) is 4.90 Å². The molecule has 3 N–H and O–H groups in total. The summed E-state index contributed by atoms with van der Waals surface area (Å²) in [5, 5.41) is 6.64. The highest BCUT2D eigenvalue weighted by molar-refractivity contribution is 7.89. The van der Waals surface area contributed by atoms with Crippen molar-refractivity contribution in [3.05, 3.63) is 11.4 Å². The molecule has 6 nitrogen and oxygen atoms in total. The molecule has 18 heavy (non-hydrogen) atoms. The van der Waals surface area contributed by atoms with E-state index >= 15 is 0 Å². The Morgan fingerprint density at radius 1 is 1.44 bits per heavy atom. The van der Waals surface area contributed by atoms with Crippen LogP contribution in [0.15, 0.2) is 4.90 Å². The molecule has 8 heteroatoms. The van der Waals surface area contributed by atoms with Gasteiger partial charge >= 0.3 is 0 Å². The van der Waals surface area contributed by atoms with Crippen LogP contribution in [0.25, 0.3) is 0 Å². The van der Waals surface area contributed by atoms with Gasteiger partial charge in [0, 0.05) is 19.1 Å². The van der Waals surface area contributed by atoms with E-state index in [4.69, 9.17) is 5.73 Å². The molecule has 2 rings (SSSR count). The van der Waals surface area contributed by atoms with Crippen molar-refractivity contribution in [3.8, 4) is 0 Å². The zero-order chi connectivity index (χ0) is 12.6. The van der Waals surface area contributed by atoms with E-state index in [0.29, 0.717) is 29.4 Å². The molecule has 1 aromatic rings. The zero-order valence-electron chi connectivity index (χ0n) is 10.5. The van der Waals surface area contributed by atoms with Crippen molar-refractivity contribution in [1.29, 1.82) is 0 Å². The maximum absolute atomic E-state index is 12.4. The minimum absolute atomic E-state index is 0. The fraction of sp³-hybridized carbons (Fsp3) is 0.700. The molecule has 0 aliphatic carbocycles. The number of rotatable bonds is 2. The number of aromatic nitrogens is 2. The average molecular weight is 295 g/mol. The summed E-state index contributed by atoms with van der Waals surface area (Å²) in [6.07, 6.45) is 1.70. The fourth-order valence-electron chi connectivity index (χ4n) is 2.24. The number of hydrogen-bond acceptors (Lipinski definition) is 4. The summed E-state index contributed by atoms with van der Waals surface area (Å²) < 4.78 is 26.4. The molecule has 1 aromatic heterocycles. The Morgan fingerprint density at radius 3 is 2.61 bits per heavy atom. The van der Waals surface area contributed by atoms with Crippen molar-refractivity contribution in [2.75, 3.05) is 13.1 Å². The number of H-pyrrole nitrogens is 1. The summed E-state index contributed by atoms with van der Waals surface area (Å²) >= 11 is 0. The van der Waals surface area contributed by atoms with Crippen LogP contribution in [0.4, 0.5) is 0 Å². The quantitative estimate of drug-likeness (QED) is 0.833. The molecule has 2 heterocycles. The minimum Gasteiger partial charge on any atom is -0.327 e. The number of aromatic amines is 1. The van der Waals surface area contributed by atoms with Crippen molar-refractivity contribution in [1.82, 2.24) is 14.5 Å². The number of nitrogens with two attached hydrogens (primary N) is 1. The number of sulfonamides is 1. The van der Waals surface area contributed by atoms with Crippen LogP contribution in [0.1, 0.15) is 24.2 Å². The van der Waals surface area contributed by atoms with Crippen molar-refractivity contribution in [3.63, 3.8) is 0 Å². The molecular weight excluding hydrogens is 276 g/mol.